The monoisotopic (exact) mass is 276 g/mol. The second-order valence-electron chi connectivity index (χ2n) is 4.94. The SMILES string of the molecule is C=C(C#N)C(CC#N)(N1CCOCC1)N1CCOCC1. The number of nitriles is 2. The highest BCUT2D eigenvalue weighted by molar-refractivity contribution is 5.32. The Hall–Kier alpha value is -1.44. The zero-order valence-corrected chi connectivity index (χ0v) is 11.7. The summed E-state index contributed by atoms with van der Waals surface area (Å²) in [7, 11) is 0. The molecule has 2 aliphatic heterocycles. The van der Waals surface area contributed by atoms with Crippen LogP contribution >= 0.6 is 0 Å². The van der Waals surface area contributed by atoms with Crippen LogP contribution in [0.3, 0.4) is 0 Å². The fourth-order valence-electron chi connectivity index (χ4n) is 2.98. The average Bonchev–Trinajstić information content (AvgIpc) is 2.53. The van der Waals surface area contributed by atoms with Crippen molar-refractivity contribution in [2.75, 3.05) is 52.6 Å². The van der Waals surface area contributed by atoms with Gasteiger partial charge in [0.1, 0.15) is 5.66 Å². The van der Waals surface area contributed by atoms with Crippen molar-refractivity contribution < 1.29 is 9.47 Å². The summed E-state index contributed by atoms with van der Waals surface area (Å²) in [6.07, 6.45) is 0.236. The molecule has 108 valence electrons. The average molecular weight is 276 g/mol. The fourth-order valence-corrected chi connectivity index (χ4v) is 2.98. The molecular formula is C14H20N4O2. The van der Waals surface area contributed by atoms with Gasteiger partial charge in [0.25, 0.3) is 0 Å². The van der Waals surface area contributed by atoms with Gasteiger partial charge in [-0.15, -0.1) is 0 Å². The molecule has 0 radical (unpaired) electrons. The van der Waals surface area contributed by atoms with Gasteiger partial charge in [0.05, 0.1) is 50.6 Å². The predicted octanol–water partition coefficient (Wildman–Crippen LogP) is 0.341. The van der Waals surface area contributed by atoms with Crippen LogP contribution in [0.25, 0.3) is 0 Å². The molecule has 0 saturated carbocycles. The summed E-state index contributed by atoms with van der Waals surface area (Å²) >= 11 is 0. The van der Waals surface area contributed by atoms with E-state index in [-0.39, 0.29) is 6.42 Å². The van der Waals surface area contributed by atoms with E-state index >= 15 is 0 Å². The van der Waals surface area contributed by atoms with Crippen molar-refractivity contribution in [1.82, 2.24) is 9.80 Å². The van der Waals surface area contributed by atoms with Crippen LogP contribution < -0.4 is 0 Å². The van der Waals surface area contributed by atoms with E-state index in [0.29, 0.717) is 58.2 Å². The Balaban J connectivity index is 2.35. The van der Waals surface area contributed by atoms with Gasteiger partial charge in [-0.2, -0.15) is 10.5 Å². The van der Waals surface area contributed by atoms with Gasteiger partial charge in [-0.3, -0.25) is 9.80 Å². The van der Waals surface area contributed by atoms with Crippen LogP contribution in [0.5, 0.6) is 0 Å². The van der Waals surface area contributed by atoms with Crippen LogP contribution in [0.15, 0.2) is 12.2 Å². The molecule has 2 heterocycles. The van der Waals surface area contributed by atoms with Gasteiger partial charge in [0.2, 0.25) is 0 Å². The number of rotatable bonds is 4. The molecule has 0 aliphatic carbocycles. The second-order valence-corrected chi connectivity index (χ2v) is 4.94. The molecule has 20 heavy (non-hydrogen) atoms. The first-order valence-electron chi connectivity index (χ1n) is 6.87. The van der Waals surface area contributed by atoms with E-state index in [0.717, 1.165) is 0 Å². The number of hydrogen-bond donors (Lipinski definition) is 0. The lowest BCUT2D eigenvalue weighted by molar-refractivity contribution is -0.105. The largest absolute Gasteiger partial charge is 0.379 e. The Morgan fingerprint density at radius 3 is 1.80 bits per heavy atom. The highest BCUT2D eigenvalue weighted by Gasteiger charge is 2.46. The molecule has 6 nitrogen and oxygen atoms in total. The van der Waals surface area contributed by atoms with Crippen molar-refractivity contribution in [2.45, 2.75) is 12.1 Å². The maximum atomic E-state index is 9.38. The summed E-state index contributed by atoms with van der Waals surface area (Å²) in [5, 5.41) is 18.7. The van der Waals surface area contributed by atoms with E-state index in [1.807, 2.05) is 0 Å². The Bertz CT molecular complexity index is 407. The Labute approximate surface area is 119 Å². The van der Waals surface area contributed by atoms with Crippen molar-refractivity contribution in [2.24, 2.45) is 0 Å². The number of ether oxygens (including phenoxy) is 2. The summed E-state index contributed by atoms with van der Waals surface area (Å²) in [4.78, 5) is 4.33. The minimum atomic E-state index is -0.711. The van der Waals surface area contributed by atoms with Gasteiger partial charge < -0.3 is 9.47 Å². The van der Waals surface area contributed by atoms with E-state index in [9.17, 15) is 10.5 Å². The lowest BCUT2D eigenvalue weighted by Crippen LogP contribution is -2.65. The minimum absolute atomic E-state index is 0.236. The molecule has 0 spiro atoms. The molecule has 0 unspecified atom stereocenters. The number of hydrogen-bond acceptors (Lipinski definition) is 6. The van der Waals surface area contributed by atoms with E-state index in [1.165, 1.54) is 0 Å². The van der Waals surface area contributed by atoms with Crippen LogP contribution in [0.4, 0.5) is 0 Å². The maximum absolute atomic E-state index is 9.38. The normalized spacial score (nSPS) is 21.9. The molecule has 0 amide bonds. The van der Waals surface area contributed by atoms with Crippen molar-refractivity contribution >= 4 is 0 Å². The first-order chi connectivity index (χ1) is 9.75. The molecule has 0 atom stereocenters. The van der Waals surface area contributed by atoms with Crippen LogP contribution in [-0.2, 0) is 9.47 Å². The van der Waals surface area contributed by atoms with Crippen molar-refractivity contribution in [1.29, 1.82) is 10.5 Å². The Morgan fingerprint density at radius 2 is 1.45 bits per heavy atom. The molecule has 0 aromatic heterocycles. The summed E-state index contributed by atoms with van der Waals surface area (Å²) in [5.41, 5.74) is -0.278. The van der Waals surface area contributed by atoms with Gasteiger partial charge in [-0.05, 0) is 0 Å². The molecule has 0 aromatic carbocycles. The quantitative estimate of drug-likeness (QED) is 0.690. The van der Waals surface area contributed by atoms with Gasteiger partial charge in [-0.25, -0.2) is 0 Å². The first-order valence-corrected chi connectivity index (χ1v) is 6.87. The highest BCUT2D eigenvalue weighted by atomic mass is 16.5. The minimum Gasteiger partial charge on any atom is -0.379 e. The van der Waals surface area contributed by atoms with E-state index < -0.39 is 5.66 Å². The van der Waals surface area contributed by atoms with Crippen LogP contribution in [0, 0.1) is 22.7 Å². The van der Waals surface area contributed by atoms with Crippen molar-refractivity contribution in [3.05, 3.63) is 12.2 Å². The lowest BCUT2D eigenvalue weighted by atomic mass is 9.92. The molecule has 2 rings (SSSR count). The molecule has 6 heteroatoms. The van der Waals surface area contributed by atoms with Gasteiger partial charge in [0.15, 0.2) is 0 Å². The van der Waals surface area contributed by atoms with Crippen LogP contribution in [-0.4, -0.2) is 68.1 Å². The molecular weight excluding hydrogens is 256 g/mol. The molecule has 0 N–H and O–H groups in total. The van der Waals surface area contributed by atoms with Gasteiger partial charge in [0, 0.05) is 26.2 Å². The molecule has 2 aliphatic rings. The molecule has 0 aromatic rings. The summed E-state index contributed by atoms with van der Waals surface area (Å²) in [6.45, 7) is 9.25. The number of morpholine rings is 2. The Kier molecular flexibility index (Phi) is 5.11. The molecule has 0 bridgehead atoms. The topological polar surface area (TPSA) is 72.5 Å². The maximum Gasteiger partial charge on any atom is 0.123 e. The fraction of sp³-hybridized carbons (Fsp3) is 0.714. The van der Waals surface area contributed by atoms with E-state index in [2.05, 4.69) is 28.5 Å². The Morgan fingerprint density at radius 1 is 1.00 bits per heavy atom. The third kappa shape index (κ3) is 2.70. The second kappa shape index (κ2) is 6.83. The zero-order valence-electron chi connectivity index (χ0n) is 11.7. The van der Waals surface area contributed by atoms with E-state index in [4.69, 9.17) is 9.47 Å². The van der Waals surface area contributed by atoms with Gasteiger partial charge in [-0.1, -0.05) is 6.58 Å². The highest BCUT2D eigenvalue weighted by Crippen LogP contribution is 2.33. The smallest absolute Gasteiger partial charge is 0.123 e. The molecule has 2 saturated heterocycles. The predicted molar refractivity (Wildman–Crippen MR) is 72.5 cm³/mol. The van der Waals surface area contributed by atoms with Crippen LogP contribution in [0.2, 0.25) is 0 Å². The molecule has 2 fully saturated rings. The summed E-state index contributed by atoms with van der Waals surface area (Å²) < 4.78 is 10.8. The number of nitrogens with zero attached hydrogens (tertiary/aromatic N) is 4. The first kappa shape index (κ1) is 15.0. The lowest BCUT2D eigenvalue weighted by Gasteiger charge is -2.51. The third-order valence-corrected chi connectivity index (χ3v) is 4.01. The summed E-state index contributed by atoms with van der Waals surface area (Å²) in [6, 6.07) is 4.42. The third-order valence-electron chi connectivity index (χ3n) is 4.01. The standard InChI is InChI=1S/C14H20N4O2/c1-13(12-16)14(2-3-15,17-4-8-19-9-5-17)18-6-10-20-11-7-18/h1-2,4-11H2. The van der Waals surface area contributed by atoms with Gasteiger partial charge >= 0.3 is 0 Å². The van der Waals surface area contributed by atoms with Crippen molar-refractivity contribution in [3.8, 4) is 12.1 Å². The summed E-state index contributed by atoms with van der Waals surface area (Å²) in [5.74, 6) is 0. The van der Waals surface area contributed by atoms with Crippen molar-refractivity contribution in [3.63, 3.8) is 0 Å². The van der Waals surface area contributed by atoms with Crippen LogP contribution in [0.1, 0.15) is 6.42 Å². The zero-order chi connectivity index (χ0) is 14.4. The van der Waals surface area contributed by atoms with E-state index in [1.54, 1.807) is 0 Å².